The Hall–Kier alpha value is -1.54. The molecule has 22 heavy (non-hydrogen) atoms. The van der Waals surface area contributed by atoms with Crippen LogP contribution >= 0.6 is 0 Å². The van der Waals surface area contributed by atoms with Gasteiger partial charge in [0.25, 0.3) is 6.43 Å². The first-order valence-electron chi connectivity index (χ1n) is 6.94. The molecule has 1 aromatic carbocycles. The van der Waals surface area contributed by atoms with Gasteiger partial charge in [-0.2, -0.15) is 4.31 Å². The molecule has 1 saturated heterocycles. The molecule has 1 aliphatic heterocycles. The number of nitrogens with zero attached hydrogens (tertiary/aromatic N) is 1. The highest BCUT2D eigenvalue weighted by Crippen LogP contribution is 2.29. The average molecular weight is 333 g/mol. The lowest BCUT2D eigenvalue weighted by Gasteiger charge is -2.33. The van der Waals surface area contributed by atoms with Gasteiger partial charge in [-0.1, -0.05) is 18.6 Å². The molecule has 1 unspecified atom stereocenters. The number of hydrogen-bond acceptors (Lipinski definition) is 3. The van der Waals surface area contributed by atoms with E-state index >= 15 is 0 Å². The lowest BCUT2D eigenvalue weighted by molar-refractivity contribution is -0.138. The highest BCUT2D eigenvalue weighted by Gasteiger charge is 2.34. The van der Waals surface area contributed by atoms with Gasteiger partial charge in [0.15, 0.2) is 0 Å². The van der Waals surface area contributed by atoms with Crippen molar-refractivity contribution in [1.82, 2.24) is 4.31 Å². The molecular formula is C14H17F2NO4S. The molecule has 0 bridgehead atoms. The summed E-state index contributed by atoms with van der Waals surface area (Å²) in [5.41, 5.74) is -0.368. The maximum Gasteiger partial charge on any atom is 0.304 e. The second-order valence-electron chi connectivity index (χ2n) is 5.24. The van der Waals surface area contributed by atoms with Gasteiger partial charge in [0.1, 0.15) is 0 Å². The number of piperidine rings is 1. The van der Waals surface area contributed by atoms with Crippen molar-refractivity contribution in [1.29, 1.82) is 0 Å². The third kappa shape index (κ3) is 3.61. The fraction of sp³-hybridized carbons (Fsp3) is 0.500. The van der Waals surface area contributed by atoms with E-state index in [0.29, 0.717) is 12.8 Å². The van der Waals surface area contributed by atoms with Crippen LogP contribution in [0, 0.1) is 0 Å². The zero-order valence-electron chi connectivity index (χ0n) is 11.8. The van der Waals surface area contributed by atoms with E-state index in [9.17, 15) is 22.0 Å². The Balaban J connectivity index is 2.35. The van der Waals surface area contributed by atoms with Gasteiger partial charge in [0, 0.05) is 18.2 Å². The summed E-state index contributed by atoms with van der Waals surface area (Å²) < 4.78 is 51.9. The molecule has 1 heterocycles. The summed E-state index contributed by atoms with van der Waals surface area (Å²) in [7, 11) is -3.98. The van der Waals surface area contributed by atoms with Crippen LogP contribution in [0.2, 0.25) is 0 Å². The second-order valence-corrected chi connectivity index (χ2v) is 7.13. The highest BCUT2D eigenvalue weighted by molar-refractivity contribution is 7.89. The van der Waals surface area contributed by atoms with Gasteiger partial charge >= 0.3 is 5.97 Å². The fourth-order valence-electron chi connectivity index (χ4n) is 2.64. The van der Waals surface area contributed by atoms with E-state index in [1.807, 2.05) is 0 Å². The number of hydrogen-bond donors (Lipinski definition) is 1. The van der Waals surface area contributed by atoms with Gasteiger partial charge in [-0.25, -0.2) is 17.2 Å². The first kappa shape index (κ1) is 16.8. The molecule has 1 fully saturated rings. The van der Waals surface area contributed by atoms with Crippen molar-refractivity contribution in [3.05, 3.63) is 29.8 Å². The maximum atomic E-state index is 12.7. The SMILES string of the molecule is O=C(O)CC1CCCCN1S(=O)(=O)c1cccc(C(F)F)c1. The minimum Gasteiger partial charge on any atom is -0.481 e. The Kier molecular flexibility index (Phi) is 5.12. The molecule has 5 nitrogen and oxygen atoms in total. The summed E-state index contributed by atoms with van der Waals surface area (Å²) in [5, 5.41) is 8.92. The van der Waals surface area contributed by atoms with E-state index in [4.69, 9.17) is 5.11 Å². The van der Waals surface area contributed by atoms with Gasteiger partial charge in [-0.05, 0) is 25.0 Å². The first-order valence-corrected chi connectivity index (χ1v) is 8.38. The summed E-state index contributed by atoms with van der Waals surface area (Å²) in [5.74, 6) is -1.08. The second kappa shape index (κ2) is 6.70. The van der Waals surface area contributed by atoms with E-state index in [1.165, 1.54) is 12.1 Å². The van der Waals surface area contributed by atoms with E-state index in [2.05, 4.69) is 0 Å². The Bertz CT molecular complexity index is 648. The predicted molar refractivity (Wildman–Crippen MR) is 75.2 cm³/mol. The Morgan fingerprint density at radius 2 is 2.09 bits per heavy atom. The van der Waals surface area contributed by atoms with Crippen molar-refractivity contribution in [3.63, 3.8) is 0 Å². The maximum absolute atomic E-state index is 12.7. The third-order valence-electron chi connectivity index (χ3n) is 3.70. The molecular weight excluding hydrogens is 316 g/mol. The molecule has 0 spiro atoms. The Morgan fingerprint density at radius 3 is 2.73 bits per heavy atom. The van der Waals surface area contributed by atoms with Gasteiger partial charge < -0.3 is 5.11 Å². The van der Waals surface area contributed by atoms with Crippen molar-refractivity contribution >= 4 is 16.0 Å². The Morgan fingerprint density at radius 1 is 1.36 bits per heavy atom. The summed E-state index contributed by atoms with van der Waals surface area (Å²) >= 11 is 0. The van der Waals surface area contributed by atoms with Crippen LogP contribution in [0.15, 0.2) is 29.2 Å². The summed E-state index contributed by atoms with van der Waals surface area (Å²) in [4.78, 5) is 10.7. The van der Waals surface area contributed by atoms with Crippen molar-refractivity contribution in [2.75, 3.05) is 6.54 Å². The van der Waals surface area contributed by atoms with Crippen LogP contribution in [-0.2, 0) is 14.8 Å². The van der Waals surface area contributed by atoms with E-state index < -0.39 is 28.5 Å². The minimum atomic E-state index is -3.98. The Labute approximate surface area is 127 Å². The molecule has 2 rings (SSSR count). The van der Waals surface area contributed by atoms with Crippen LogP contribution < -0.4 is 0 Å². The number of benzene rings is 1. The van der Waals surface area contributed by atoms with Crippen LogP contribution in [0.3, 0.4) is 0 Å². The normalized spacial score (nSPS) is 20.2. The molecule has 1 aromatic rings. The standard InChI is InChI=1S/C14H17F2NO4S/c15-14(16)10-4-3-6-12(8-10)22(20,21)17-7-2-1-5-11(17)9-13(18)19/h3-4,6,8,11,14H,1-2,5,7,9H2,(H,18,19). The quantitative estimate of drug-likeness (QED) is 0.899. The molecule has 1 atom stereocenters. The third-order valence-corrected chi connectivity index (χ3v) is 5.65. The van der Waals surface area contributed by atoms with E-state index in [0.717, 1.165) is 22.9 Å². The molecule has 122 valence electrons. The molecule has 1 aliphatic rings. The number of carboxylic acid groups (broad SMARTS) is 1. The van der Waals surface area contributed by atoms with Gasteiger partial charge in [-0.3, -0.25) is 4.79 Å². The van der Waals surface area contributed by atoms with Crippen molar-refractivity contribution in [2.45, 2.75) is 43.0 Å². The van der Waals surface area contributed by atoms with Gasteiger partial charge in [0.2, 0.25) is 10.0 Å². The zero-order valence-corrected chi connectivity index (χ0v) is 12.6. The van der Waals surface area contributed by atoms with Crippen LogP contribution in [0.4, 0.5) is 8.78 Å². The highest BCUT2D eigenvalue weighted by atomic mass is 32.2. The van der Waals surface area contributed by atoms with Crippen LogP contribution in [0.25, 0.3) is 0 Å². The largest absolute Gasteiger partial charge is 0.481 e. The van der Waals surface area contributed by atoms with Gasteiger partial charge in [0.05, 0.1) is 11.3 Å². The zero-order chi connectivity index (χ0) is 16.3. The summed E-state index contributed by atoms with van der Waals surface area (Å²) in [6.45, 7) is 0.208. The number of carbonyl (C=O) groups is 1. The fourth-order valence-corrected chi connectivity index (χ4v) is 4.39. The number of aliphatic carboxylic acids is 1. The average Bonchev–Trinajstić information content (AvgIpc) is 2.47. The molecule has 8 heteroatoms. The van der Waals surface area contributed by atoms with Crippen LogP contribution in [0.1, 0.15) is 37.7 Å². The number of sulfonamides is 1. The topological polar surface area (TPSA) is 74.7 Å². The lowest BCUT2D eigenvalue weighted by Crippen LogP contribution is -2.44. The molecule has 0 saturated carbocycles. The number of alkyl halides is 2. The van der Waals surface area contributed by atoms with Gasteiger partial charge in [-0.15, -0.1) is 0 Å². The predicted octanol–water partition coefficient (Wildman–Crippen LogP) is 2.64. The summed E-state index contributed by atoms with van der Waals surface area (Å²) in [6.07, 6.45) is -1.20. The van der Waals surface area contributed by atoms with Crippen LogP contribution in [0.5, 0.6) is 0 Å². The van der Waals surface area contributed by atoms with Crippen molar-refractivity contribution in [2.24, 2.45) is 0 Å². The van der Waals surface area contributed by atoms with E-state index in [-0.39, 0.29) is 23.4 Å². The number of carboxylic acids is 1. The van der Waals surface area contributed by atoms with E-state index in [1.54, 1.807) is 0 Å². The monoisotopic (exact) mass is 333 g/mol. The number of halogens is 2. The smallest absolute Gasteiger partial charge is 0.304 e. The molecule has 0 amide bonds. The molecule has 0 aliphatic carbocycles. The molecule has 0 radical (unpaired) electrons. The first-order chi connectivity index (χ1) is 10.3. The van der Waals surface area contributed by atoms with Crippen molar-refractivity contribution in [3.8, 4) is 0 Å². The minimum absolute atomic E-state index is 0.208. The lowest BCUT2D eigenvalue weighted by atomic mass is 10.0. The molecule has 0 aromatic heterocycles. The van der Waals surface area contributed by atoms with Crippen molar-refractivity contribution < 1.29 is 27.1 Å². The molecule has 1 N–H and O–H groups in total. The van der Waals surface area contributed by atoms with Crippen LogP contribution in [-0.4, -0.2) is 36.4 Å². The number of rotatable bonds is 5. The summed E-state index contributed by atoms with van der Waals surface area (Å²) in [6, 6.07) is 4.01.